The molecule has 0 aliphatic carbocycles. The number of nitrogens with zero attached hydrogens (tertiary/aromatic N) is 4. The van der Waals surface area contributed by atoms with Gasteiger partial charge in [-0.15, -0.1) is 10.2 Å². The molecule has 2 aromatic heterocycles. The fraction of sp³-hybridized carbons (Fsp3) is 0.0952. The lowest BCUT2D eigenvalue weighted by Gasteiger charge is -2.08. The molecule has 10 heteroatoms. The van der Waals surface area contributed by atoms with Gasteiger partial charge in [0.05, 0.1) is 6.42 Å². The van der Waals surface area contributed by atoms with Gasteiger partial charge >= 0.3 is 6.18 Å². The lowest BCUT2D eigenvalue weighted by atomic mass is 10.1. The summed E-state index contributed by atoms with van der Waals surface area (Å²) in [5.74, 6) is -0.526. The molecule has 0 radical (unpaired) electrons. The first-order chi connectivity index (χ1) is 14.8. The van der Waals surface area contributed by atoms with Crippen LogP contribution in [0, 0.1) is 0 Å². The zero-order valence-corrected chi connectivity index (χ0v) is 16.0. The number of nitrogens with one attached hydrogen (secondary N) is 1. The number of alkyl halides is 3. The highest BCUT2D eigenvalue weighted by atomic mass is 19.4. The van der Waals surface area contributed by atoms with Crippen LogP contribution in [0.5, 0.6) is 0 Å². The molecule has 3 rings (SSSR count). The molecular formula is C21H17F3N6O. The van der Waals surface area contributed by atoms with Crippen molar-refractivity contribution in [3.8, 4) is 0 Å². The molecule has 0 fully saturated rings. The van der Waals surface area contributed by atoms with Gasteiger partial charge in [0.1, 0.15) is 5.71 Å². The fourth-order valence-corrected chi connectivity index (χ4v) is 2.48. The van der Waals surface area contributed by atoms with Crippen LogP contribution in [0.2, 0.25) is 0 Å². The maximum absolute atomic E-state index is 13.4. The van der Waals surface area contributed by atoms with E-state index in [1.807, 2.05) is 18.2 Å². The number of aromatic nitrogens is 3. The SMILES string of the molecule is NC(=CC(=Nc1ccc(NC(=O)Cc2ccccc2)nn1)C(F)(F)F)c1cccnc1. The maximum Gasteiger partial charge on any atom is 0.433 e. The molecule has 0 aliphatic heterocycles. The smallest absolute Gasteiger partial charge is 0.398 e. The van der Waals surface area contributed by atoms with Gasteiger partial charge in [-0.2, -0.15) is 13.2 Å². The molecule has 0 spiro atoms. The van der Waals surface area contributed by atoms with Gasteiger partial charge in [0.25, 0.3) is 0 Å². The van der Waals surface area contributed by atoms with E-state index in [9.17, 15) is 18.0 Å². The van der Waals surface area contributed by atoms with Gasteiger partial charge in [-0.05, 0) is 35.9 Å². The molecule has 0 aliphatic rings. The molecule has 1 aromatic carbocycles. The van der Waals surface area contributed by atoms with Crippen molar-refractivity contribution in [1.29, 1.82) is 0 Å². The molecule has 3 N–H and O–H groups in total. The first-order valence-electron chi connectivity index (χ1n) is 9.02. The number of aliphatic imine (C=N–C) groups is 1. The van der Waals surface area contributed by atoms with E-state index in [0.717, 1.165) is 5.56 Å². The standard InChI is InChI=1S/C21H17F3N6O/c22-21(23,24)17(12-16(25)15-7-4-10-26-13-15)27-18-8-9-19(30-29-18)28-20(31)11-14-5-2-1-3-6-14/h1-10,12-13H,11,25H2,(H,28,30,31). The Hall–Kier alpha value is -4.08. The summed E-state index contributed by atoms with van der Waals surface area (Å²) in [5, 5.41) is 9.88. The third-order valence-electron chi connectivity index (χ3n) is 3.94. The van der Waals surface area contributed by atoms with Crippen molar-refractivity contribution in [1.82, 2.24) is 15.2 Å². The van der Waals surface area contributed by atoms with Gasteiger partial charge in [-0.25, -0.2) is 4.99 Å². The molecule has 2 heterocycles. The minimum atomic E-state index is -4.77. The number of hydrogen-bond donors (Lipinski definition) is 2. The van der Waals surface area contributed by atoms with Crippen LogP contribution in [0.3, 0.4) is 0 Å². The summed E-state index contributed by atoms with van der Waals surface area (Å²) in [5.41, 5.74) is 5.48. The number of hydrogen-bond acceptors (Lipinski definition) is 6. The molecule has 0 unspecified atom stereocenters. The van der Waals surface area contributed by atoms with Crippen molar-refractivity contribution in [2.45, 2.75) is 12.6 Å². The van der Waals surface area contributed by atoms with Crippen molar-refractivity contribution < 1.29 is 18.0 Å². The highest BCUT2D eigenvalue weighted by molar-refractivity contribution is 6.05. The molecule has 31 heavy (non-hydrogen) atoms. The Morgan fingerprint density at radius 1 is 1.06 bits per heavy atom. The van der Waals surface area contributed by atoms with E-state index < -0.39 is 11.9 Å². The Labute approximate surface area is 175 Å². The highest BCUT2D eigenvalue weighted by Crippen LogP contribution is 2.23. The van der Waals surface area contributed by atoms with Gasteiger partial charge in [0, 0.05) is 23.7 Å². The second-order valence-corrected chi connectivity index (χ2v) is 6.32. The van der Waals surface area contributed by atoms with Gasteiger partial charge in [0.15, 0.2) is 11.6 Å². The van der Waals surface area contributed by atoms with Crippen molar-refractivity contribution in [3.05, 3.63) is 84.2 Å². The third kappa shape index (κ3) is 6.46. The molecule has 0 saturated heterocycles. The number of pyridine rings is 1. The van der Waals surface area contributed by atoms with Crippen LogP contribution >= 0.6 is 0 Å². The van der Waals surface area contributed by atoms with Crippen molar-refractivity contribution >= 4 is 29.0 Å². The average Bonchev–Trinajstić information content (AvgIpc) is 2.75. The van der Waals surface area contributed by atoms with Crippen LogP contribution in [0.1, 0.15) is 11.1 Å². The Balaban J connectivity index is 1.75. The molecular weight excluding hydrogens is 409 g/mol. The number of rotatable bonds is 6. The summed E-state index contributed by atoms with van der Waals surface area (Å²) in [6, 6.07) is 14.7. The summed E-state index contributed by atoms with van der Waals surface area (Å²) >= 11 is 0. The van der Waals surface area contributed by atoms with E-state index in [4.69, 9.17) is 5.73 Å². The van der Waals surface area contributed by atoms with Gasteiger partial charge in [-0.3, -0.25) is 9.78 Å². The van der Waals surface area contributed by atoms with Crippen LogP contribution in [-0.4, -0.2) is 33.0 Å². The van der Waals surface area contributed by atoms with Gasteiger partial charge < -0.3 is 11.1 Å². The summed E-state index contributed by atoms with van der Waals surface area (Å²) in [4.78, 5) is 19.4. The van der Waals surface area contributed by atoms with E-state index in [2.05, 4.69) is 25.5 Å². The lowest BCUT2D eigenvalue weighted by molar-refractivity contribution is -0.115. The van der Waals surface area contributed by atoms with E-state index >= 15 is 0 Å². The van der Waals surface area contributed by atoms with Crippen molar-refractivity contribution in [3.63, 3.8) is 0 Å². The van der Waals surface area contributed by atoms with Gasteiger partial charge in [0.2, 0.25) is 5.91 Å². The topological polar surface area (TPSA) is 106 Å². The summed E-state index contributed by atoms with van der Waals surface area (Å²) in [7, 11) is 0. The first-order valence-corrected chi connectivity index (χ1v) is 9.02. The summed E-state index contributed by atoms with van der Waals surface area (Å²) in [6.45, 7) is 0. The number of amides is 1. The zero-order chi connectivity index (χ0) is 22.3. The second kappa shape index (κ2) is 9.61. The molecule has 7 nitrogen and oxygen atoms in total. The van der Waals surface area contributed by atoms with Gasteiger partial charge in [-0.1, -0.05) is 30.3 Å². The zero-order valence-electron chi connectivity index (χ0n) is 16.0. The van der Waals surface area contributed by atoms with E-state index in [1.54, 1.807) is 18.2 Å². The van der Waals surface area contributed by atoms with Crippen LogP contribution in [0.15, 0.2) is 78.1 Å². The fourth-order valence-electron chi connectivity index (χ4n) is 2.48. The molecule has 3 aromatic rings. The minimum absolute atomic E-state index is 0.0962. The average molecular weight is 426 g/mol. The summed E-state index contributed by atoms with van der Waals surface area (Å²) < 4.78 is 40.2. The number of nitrogens with two attached hydrogens (primary N) is 1. The molecule has 158 valence electrons. The Morgan fingerprint density at radius 2 is 1.84 bits per heavy atom. The largest absolute Gasteiger partial charge is 0.433 e. The minimum Gasteiger partial charge on any atom is -0.398 e. The Morgan fingerprint density at radius 3 is 2.45 bits per heavy atom. The predicted molar refractivity (Wildman–Crippen MR) is 110 cm³/mol. The number of anilines is 1. The van der Waals surface area contributed by atoms with Crippen LogP contribution in [-0.2, 0) is 11.2 Å². The van der Waals surface area contributed by atoms with E-state index in [1.165, 1.54) is 30.6 Å². The number of benzene rings is 1. The molecule has 0 bridgehead atoms. The summed E-state index contributed by atoms with van der Waals surface area (Å²) in [6.07, 6.45) is -1.12. The quantitative estimate of drug-likeness (QED) is 0.585. The number of allylic oxidation sites excluding steroid dienone is 1. The van der Waals surface area contributed by atoms with Crippen LogP contribution in [0.25, 0.3) is 5.70 Å². The van der Waals surface area contributed by atoms with E-state index in [0.29, 0.717) is 11.6 Å². The highest BCUT2D eigenvalue weighted by Gasteiger charge is 2.34. The third-order valence-corrected chi connectivity index (χ3v) is 3.94. The van der Waals surface area contributed by atoms with Crippen LogP contribution in [0.4, 0.5) is 24.8 Å². The number of carbonyl (C=O) groups excluding carboxylic acids is 1. The lowest BCUT2D eigenvalue weighted by Crippen LogP contribution is -2.22. The Kier molecular flexibility index (Phi) is 6.71. The first kappa shape index (κ1) is 21.6. The predicted octanol–water partition coefficient (Wildman–Crippen LogP) is 3.69. The van der Waals surface area contributed by atoms with Crippen LogP contribution < -0.4 is 11.1 Å². The maximum atomic E-state index is 13.4. The number of halogens is 3. The molecule has 0 atom stereocenters. The van der Waals surface area contributed by atoms with E-state index in [-0.39, 0.29) is 29.7 Å². The van der Waals surface area contributed by atoms with Crippen molar-refractivity contribution in [2.24, 2.45) is 10.7 Å². The second-order valence-electron chi connectivity index (χ2n) is 6.32. The molecule has 0 saturated carbocycles. The molecule has 1 amide bonds. The Bertz CT molecular complexity index is 1080. The van der Waals surface area contributed by atoms with Crippen molar-refractivity contribution in [2.75, 3.05) is 5.32 Å². The normalized spacial score (nSPS) is 12.5. The monoisotopic (exact) mass is 426 g/mol. The number of carbonyl (C=O) groups is 1.